The van der Waals surface area contributed by atoms with Gasteiger partial charge in [0.2, 0.25) is 0 Å². The van der Waals surface area contributed by atoms with Gasteiger partial charge in [-0.1, -0.05) is 0 Å². The third-order valence-electron chi connectivity index (χ3n) is 3.03. The zero-order valence-electron chi connectivity index (χ0n) is 10.0. The van der Waals surface area contributed by atoms with Crippen LogP contribution in [0.2, 0.25) is 0 Å². The number of piperazine rings is 1. The van der Waals surface area contributed by atoms with Gasteiger partial charge < -0.3 is 14.5 Å². The molecule has 0 atom stereocenters. The van der Waals surface area contributed by atoms with E-state index in [1.54, 1.807) is 0 Å². The van der Waals surface area contributed by atoms with Gasteiger partial charge in [-0.25, -0.2) is 8.78 Å². The second kappa shape index (κ2) is 4.87. The number of methoxy groups -OCH3 is 1. The van der Waals surface area contributed by atoms with E-state index in [0.29, 0.717) is 5.69 Å². The summed E-state index contributed by atoms with van der Waals surface area (Å²) >= 11 is 0. The summed E-state index contributed by atoms with van der Waals surface area (Å²) in [5, 5.41) is 0. The van der Waals surface area contributed by atoms with E-state index in [9.17, 15) is 8.78 Å². The topological polar surface area (TPSA) is 15.7 Å². The molecule has 0 aliphatic carbocycles. The molecule has 1 aliphatic rings. The number of rotatable bonds is 2. The molecule has 0 amide bonds. The van der Waals surface area contributed by atoms with E-state index in [4.69, 9.17) is 4.74 Å². The van der Waals surface area contributed by atoms with Gasteiger partial charge in [-0.05, 0) is 7.05 Å². The number of nitrogens with zero attached hydrogens (tertiary/aromatic N) is 2. The van der Waals surface area contributed by atoms with E-state index in [1.807, 2.05) is 11.9 Å². The number of hydrogen-bond donors (Lipinski definition) is 0. The second-order valence-electron chi connectivity index (χ2n) is 4.23. The van der Waals surface area contributed by atoms with Crippen LogP contribution in [0, 0.1) is 11.6 Å². The highest BCUT2D eigenvalue weighted by atomic mass is 19.1. The van der Waals surface area contributed by atoms with Crippen LogP contribution in [-0.2, 0) is 0 Å². The van der Waals surface area contributed by atoms with E-state index in [0.717, 1.165) is 32.2 Å². The Bertz CT molecular complexity index is 404. The van der Waals surface area contributed by atoms with Crippen LogP contribution in [0.4, 0.5) is 14.5 Å². The maximum Gasteiger partial charge on any atom is 0.153 e. The molecule has 0 bridgehead atoms. The molecular weight excluding hydrogens is 226 g/mol. The van der Waals surface area contributed by atoms with Crippen molar-refractivity contribution in [1.82, 2.24) is 4.90 Å². The first kappa shape index (κ1) is 12.1. The summed E-state index contributed by atoms with van der Waals surface area (Å²) in [5.41, 5.74) is 0.363. The standard InChI is InChI=1S/C12H16F2N2O/c1-15-3-5-16(6-4-15)12-10(14)7-9(13)8-11(12)17-2/h7-8H,3-6H2,1-2H3. The van der Waals surface area contributed by atoms with E-state index < -0.39 is 11.6 Å². The Morgan fingerprint density at radius 1 is 1.12 bits per heavy atom. The highest BCUT2D eigenvalue weighted by Crippen LogP contribution is 2.32. The van der Waals surface area contributed by atoms with Crippen molar-refractivity contribution in [2.75, 3.05) is 45.2 Å². The molecule has 1 fully saturated rings. The smallest absolute Gasteiger partial charge is 0.153 e. The van der Waals surface area contributed by atoms with Crippen molar-refractivity contribution in [3.05, 3.63) is 23.8 Å². The molecule has 1 aromatic rings. The first-order valence-corrected chi connectivity index (χ1v) is 5.58. The van der Waals surface area contributed by atoms with Crippen LogP contribution >= 0.6 is 0 Å². The Morgan fingerprint density at radius 2 is 1.76 bits per heavy atom. The predicted octanol–water partition coefficient (Wildman–Crippen LogP) is 1.73. The molecule has 0 spiro atoms. The average molecular weight is 242 g/mol. The summed E-state index contributed by atoms with van der Waals surface area (Å²) in [6, 6.07) is 2.12. The van der Waals surface area contributed by atoms with Gasteiger partial charge in [0, 0.05) is 38.3 Å². The highest BCUT2D eigenvalue weighted by Gasteiger charge is 2.21. The lowest BCUT2D eigenvalue weighted by Crippen LogP contribution is -2.45. The van der Waals surface area contributed by atoms with Gasteiger partial charge in [-0.3, -0.25) is 0 Å². The molecule has 5 heteroatoms. The van der Waals surface area contributed by atoms with Crippen molar-refractivity contribution in [1.29, 1.82) is 0 Å². The zero-order valence-corrected chi connectivity index (χ0v) is 10.0. The van der Waals surface area contributed by atoms with Crippen LogP contribution in [0.15, 0.2) is 12.1 Å². The van der Waals surface area contributed by atoms with Gasteiger partial charge in [0.15, 0.2) is 5.82 Å². The van der Waals surface area contributed by atoms with Gasteiger partial charge >= 0.3 is 0 Å². The van der Waals surface area contributed by atoms with E-state index >= 15 is 0 Å². The van der Waals surface area contributed by atoms with Crippen molar-refractivity contribution in [2.24, 2.45) is 0 Å². The first-order valence-electron chi connectivity index (χ1n) is 5.58. The SMILES string of the molecule is COc1cc(F)cc(F)c1N1CCN(C)CC1. The fourth-order valence-corrected chi connectivity index (χ4v) is 2.03. The Morgan fingerprint density at radius 3 is 2.35 bits per heavy atom. The predicted molar refractivity (Wildman–Crippen MR) is 62.6 cm³/mol. The van der Waals surface area contributed by atoms with Gasteiger partial charge in [0.25, 0.3) is 0 Å². The van der Waals surface area contributed by atoms with E-state index in [-0.39, 0.29) is 5.75 Å². The third-order valence-corrected chi connectivity index (χ3v) is 3.03. The van der Waals surface area contributed by atoms with Gasteiger partial charge in [-0.15, -0.1) is 0 Å². The summed E-state index contributed by atoms with van der Waals surface area (Å²) < 4.78 is 31.9. The lowest BCUT2D eigenvalue weighted by atomic mass is 10.2. The molecule has 17 heavy (non-hydrogen) atoms. The monoisotopic (exact) mass is 242 g/mol. The summed E-state index contributed by atoms with van der Waals surface area (Å²) in [7, 11) is 3.45. The molecule has 0 radical (unpaired) electrons. The quantitative estimate of drug-likeness (QED) is 0.785. The van der Waals surface area contributed by atoms with Crippen LogP contribution < -0.4 is 9.64 Å². The Kier molecular flexibility index (Phi) is 3.47. The fraction of sp³-hybridized carbons (Fsp3) is 0.500. The van der Waals surface area contributed by atoms with Crippen LogP contribution in [-0.4, -0.2) is 45.2 Å². The number of hydrogen-bond acceptors (Lipinski definition) is 3. The van der Waals surface area contributed by atoms with Crippen LogP contribution in [0.25, 0.3) is 0 Å². The molecule has 3 nitrogen and oxygen atoms in total. The minimum Gasteiger partial charge on any atom is -0.494 e. The molecule has 2 rings (SSSR count). The zero-order chi connectivity index (χ0) is 12.4. The summed E-state index contributed by atoms with van der Waals surface area (Å²) in [6.07, 6.45) is 0. The Hall–Kier alpha value is -1.36. The van der Waals surface area contributed by atoms with Gasteiger partial charge in [0.1, 0.15) is 17.3 Å². The lowest BCUT2D eigenvalue weighted by Gasteiger charge is -2.34. The number of anilines is 1. The summed E-state index contributed by atoms with van der Waals surface area (Å²) in [4.78, 5) is 4.07. The molecule has 0 aromatic heterocycles. The van der Waals surface area contributed by atoms with Crippen molar-refractivity contribution < 1.29 is 13.5 Å². The molecule has 0 saturated carbocycles. The molecule has 0 N–H and O–H groups in total. The maximum absolute atomic E-state index is 13.8. The van der Waals surface area contributed by atoms with Gasteiger partial charge in [0.05, 0.1) is 7.11 Å². The Balaban J connectivity index is 2.31. The molecule has 1 aliphatic heterocycles. The molecule has 1 aromatic carbocycles. The minimum absolute atomic E-state index is 0.257. The number of halogens is 2. The largest absolute Gasteiger partial charge is 0.494 e. The Labute approximate surface area is 99.6 Å². The third kappa shape index (κ3) is 2.49. The van der Waals surface area contributed by atoms with Crippen molar-refractivity contribution in [3.63, 3.8) is 0 Å². The second-order valence-corrected chi connectivity index (χ2v) is 4.23. The normalized spacial score (nSPS) is 17.3. The molecule has 94 valence electrons. The number of benzene rings is 1. The highest BCUT2D eigenvalue weighted by molar-refractivity contribution is 5.60. The molecule has 0 unspecified atom stereocenters. The van der Waals surface area contributed by atoms with E-state index in [2.05, 4.69) is 4.90 Å². The van der Waals surface area contributed by atoms with E-state index in [1.165, 1.54) is 13.2 Å². The minimum atomic E-state index is -0.614. The molecular formula is C12H16F2N2O. The number of likely N-dealkylation sites (N-methyl/N-ethyl adjacent to an activating group) is 1. The van der Waals surface area contributed by atoms with Crippen LogP contribution in [0.1, 0.15) is 0 Å². The van der Waals surface area contributed by atoms with Gasteiger partial charge in [-0.2, -0.15) is 0 Å². The van der Waals surface area contributed by atoms with Crippen LogP contribution in [0.5, 0.6) is 5.75 Å². The number of ether oxygens (including phenoxy) is 1. The first-order chi connectivity index (χ1) is 8.11. The average Bonchev–Trinajstić information content (AvgIpc) is 2.30. The molecule has 1 heterocycles. The summed E-state index contributed by atoms with van der Waals surface area (Å²) in [5.74, 6) is -0.921. The maximum atomic E-state index is 13.8. The van der Waals surface area contributed by atoms with Crippen LogP contribution in [0.3, 0.4) is 0 Å². The lowest BCUT2D eigenvalue weighted by molar-refractivity contribution is 0.309. The van der Waals surface area contributed by atoms with Crippen molar-refractivity contribution in [3.8, 4) is 5.75 Å². The fourth-order valence-electron chi connectivity index (χ4n) is 2.03. The van der Waals surface area contributed by atoms with Crippen molar-refractivity contribution in [2.45, 2.75) is 0 Å². The van der Waals surface area contributed by atoms with Crippen molar-refractivity contribution >= 4 is 5.69 Å². The molecule has 1 saturated heterocycles. The summed E-state index contributed by atoms with van der Waals surface area (Å²) in [6.45, 7) is 3.16.